The first-order valence-electron chi connectivity index (χ1n) is 8.24. The fraction of sp³-hybridized carbons (Fsp3) is 1.00. The van der Waals surface area contributed by atoms with E-state index in [1.54, 1.807) is 0 Å². The van der Waals surface area contributed by atoms with Crippen molar-refractivity contribution in [3.63, 3.8) is 0 Å². The first kappa shape index (κ1) is 12.9. The van der Waals surface area contributed by atoms with E-state index in [1.165, 1.54) is 70.6 Å². The van der Waals surface area contributed by atoms with Crippen LogP contribution in [0.1, 0.15) is 70.6 Å². The van der Waals surface area contributed by atoms with Gasteiger partial charge in [0, 0.05) is 12.6 Å². The molecular formula is C16H29NO. The molecule has 104 valence electrons. The maximum atomic E-state index is 5.94. The van der Waals surface area contributed by atoms with Gasteiger partial charge in [-0.15, -0.1) is 0 Å². The van der Waals surface area contributed by atoms with Crippen LogP contribution >= 0.6 is 0 Å². The summed E-state index contributed by atoms with van der Waals surface area (Å²) in [6.07, 6.45) is 16.2. The van der Waals surface area contributed by atoms with Crippen molar-refractivity contribution in [2.24, 2.45) is 5.41 Å². The summed E-state index contributed by atoms with van der Waals surface area (Å²) in [5.74, 6) is 0. The van der Waals surface area contributed by atoms with E-state index < -0.39 is 0 Å². The Balaban J connectivity index is 1.33. The van der Waals surface area contributed by atoms with Crippen LogP contribution in [0, 0.1) is 5.41 Å². The predicted molar refractivity (Wildman–Crippen MR) is 74.8 cm³/mol. The minimum absolute atomic E-state index is 0.580. The molecule has 1 spiro atoms. The highest BCUT2D eigenvalue weighted by molar-refractivity contribution is 5.01. The summed E-state index contributed by atoms with van der Waals surface area (Å²) in [6, 6.07) is 0.810. The Morgan fingerprint density at radius 1 is 0.889 bits per heavy atom. The SMILES string of the molecule is C1CCC2(CC1)CCC2NCCOC1CCCC1. The van der Waals surface area contributed by atoms with Gasteiger partial charge in [-0.05, 0) is 43.9 Å². The van der Waals surface area contributed by atoms with Crippen molar-refractivity contribution >= 4 is 0 Å². The monoisotopic (exact) mass is 251 g/mol. The van der Waals surface area contributed by atoms with E-state index in [4.69, 9.17) is 4.74 Å². The van der Waals surface area contributed by atoms with Gasteiger partial charge in [0.1, 0.15) is 0 Å². The van der Waals surface area contributed by atoms with Crippen LogP contribution < -0.4 is 5.32 Å². The molecule has 3 rings (SSSR count). The Hall–Kier alpha value is -0.0800. The van der Waals surface area contributed by atoms with Crippen molar-refractivity contribution in [1.29, 1.82) is 0 Å². The minimum Gasteiger partial charge on any atom is -0.377 e. The molecular weight excluding hydrogens is 222 g/mol. The molecule has 3 aliphatic rings. The second kappa shape index (κ2) is 5.92. The molecule has 0 saturated heterocycles. The molecule has 0 aromatic heterocycles. The Labute approximate surface area is 112 Å². The van der Waals surface area contributed by atoms with Gasteiger partial charge in [-0.1, -0.05) is 32.1 Å². The predicted octanol–water partition coefficient (Wildman–Crippen LogP) is 3.65. The van der Waals surface area contributed by atoms with Crippen LogP contribution in [0.25, 0.3) is 0 Å². The molecule has 0 heterocycles. The smallest absolute Gasteiger partial charge is 0.0594 e. The van der Waals surface area contributed by atoms with Gasteiger partial charge in [-0.25, -0.2) is 0 Å². The number of hydrogen-bond acceptors (Lipinski definition) is 2. The van der Waals surface area contributed by atoms with Gasteiger partial charge in [0.2, 0.25) is 0 Å². The number of hydrogen-bond donors (Lipinski definition) is 1. The van der Waals surface area contributed by atoms with Gasteiger partial charge in [0.25, 0.3) is 0 Å². The molecule has 2 heteroatoms. The fourth-order valence-electron chi connectivity index (χ4n) is 4.38. The quantitative estimate of drug-likeness (QED) is 0.753. The summed E-state index contributed by atoms with van der Waals surface area (Å²) in [7, 11) is 0. The first-order chi connectivity index (χ1) is 8.89. The number of rotatable bonds is 5. The summed E-state index contributed by atoms with van der Waals surface area (Å²) in [5.41, 5.74) is 0.700. The molecule has 3 aliphatic carbocycles. The molecule has 0 aromatic carbocycles. The van der Waals surface area contributed by atoms with E-state index in [-0.39, 0.29) is 0 Å². The van der Waals surface area contributed by atoms with Crippen molar-refractivity contribution < 1.29 is 4.74 Å². The van der Waals surface area contributed by atoms with Crippen LogP contribution in [0.5, 0.6) is 0 Å². The zero-order valence-electron chi connectivity index (χ0n) is 11.8. The van der Waals surface area contributed by atoms with Crippen LogP contribution in [-0.4, -0.2) is 25.3 Å². The van der Waals surface area contributed by atoms with Gasteiger partial charge >= 0.3 is 0 Å². The Morgan fingerprint density at radius 2 is 1.67 bits per heavy atom. The Kier molecular flexibility index (Phi) is 4.25. The summed E-state index contributed by atoms with van der Waals surface area (Å²) in [5, 5.41) is 3.78. The molecule has 1 N–H and O–H groups in total. The molecule has 1 unspecified atom stereocenters. The van der Waals surface area contributed by atoms with Crippen molar-refractivity contribution in [2.75, 3.05) is 13.2 Å². The van der Waals surface area contributed by atoms with Crippen LogP contribution in [0.15, 0.2) is 0 Å². The summed E-state index contributed by atoms with van der Waals surface area (Å²) in [4.78, 5) is 0. The molecule has 1 atom stereocenters. The highest BCUT2D eigenvalue weighted by Crippen LogP contribution is 2.51. The Morgan fingerprint density at radius 3 is 2.33 bits per heavy atom. The topological polar surface area (TPSA) is 21.3 Å². The molecule has 0 radical (unpaired) electrons. The second-order valence-electron chi connectivity index (χ2n) is 6.75. The molecule has 0 amide bonds. The minimum atomic E-state index is 0.580. The van der Waals surface area contributed by atoms with Crippen molar-refractivity contribution in [3.8, 4) is 0 Å². The van der Waals surface area contributed by atoms with Crippen molar-refractivity contribution in [2.45, 2.75) is 82.8 Å². The lowest BCUT2D eigenvalue weighted by atomic mass is 9.57. The standard InChI is InChI=1S/C16H29NO/c1-4-9-16(10-5-1)11-8-15(16)17-12-13-18-14-6-2-3-7-14/h14-15,17H,1-13H2. The zero-order valence-corrected chi connectivity index (χ0v) is 11.8. The lowest BCUT2D eigenvalue weighted by Gasteiger charge is -2.52. The van der Waals surface area contributed by atoms with Crippen LogP contribution in [0.4, 0.5) is 0 Å². The van der Waals surface area contributed by atoms with Gasteiger partial charge in [-0.3, -0.25) is 0 Å². The molecule has 18 heavy (non-hydrogen) atoms. The highest BCUT2D eigenvalue weighted by atomic mass is 16.5. The summed E-state index contributed by atoms with van der Waals surface area (Å²) < 4.78 is 5.94. The maximum absolute atomic E-state index is 5.94. The largest absolute Gasteiger partial charge is 0.377 e. The van der Waals surface area contributed by atoms with Crippen LogP contribution in [0.2, 0.25) is 0 Å². The third-order valence-electron chi connectivity index (χ3n) is 5.67. The van der Waals surface area contributed by atoms with Crippen molar-refractivity contribution in [3.05, 3.63) is 0 Å². The van der Waals surface area contributed by atoms with E-state index in [9.17, 15) is 0 Å². The van der Waals surface area contributed by atoms with Crippen LogP contribution in [0.3, 0.4) is 0 Å². The molecule has 0 aromatic rings. The lowest BCUT2D eigenvalue weighted by molar-refractivity contribution is 0.0105. The van der Waals surface area contributed by atoms with E-state index in [0.29, 0.717) is 11.5 Å². The van der Waals surface area contributed by atoms with Gasteiger partial charge in [0.05, 0.1) is 12.7 Å². The van der Waals surface area contributed by atoms with Crippen LogP contribution in [-0.2, 0) is 4.74 Å². The number of ether oxygens (including phenoxy) is 1. The molecule has 2 nitrogen and oxygen atoms in total. The van der Waals surface area contributed by atoms with Gasteiger partial charge in [0.15, 0.2) is 0 Å². The van der Waals surface area contributed by atoms with Crippen molar-refractivity contribution in [1.82, 2.24) is 5.32 Å². The molecule has 3 fully saturated rings. The van der Waals surface area contributed by atoms with E-state index in [0.717, 1.165) is 19.2 Å². The first-order valence-corrected chi connectivity index (χ1v) is 8.24. The number of nitrogens with one attached hydrogen (secondary N) is 1. The second-order valence-corrected chi connectivity index (χ2v) is 6.75. The third kappa shape index (κ3) is 2.75. The maximum Gasteiger partial charge on any atom is 0.0594 e. The highest BCUT2D eigenvalue weighted by Gasteiger charge is 2.46. The third-order valence-corrected chi connectivity index (χ3v) is 5.67. The molecule has 0 aliphatic heterocycles. The zero-order chi connectivity index (χ0) is 12.3. The molecule has 0 bridgehead atoms. The average molecular weight is 251 g/mol. The van der Waals surface area contributed by atoms with Gasteiger partial charge < -0.3 is 10.1 Å². The average Bonchev–Trinajstić information content (AvgIpc) is 2.91. The lowest BCUT2D eigenvalue weighted by Crippen LogP contribution is -2.54. The summed E-state index contributed by atoms with van der Waals surface area (Å²) in [6.45, 7) is 2.00. The normalized spacial score (nSPS) is 31.7. The Bertz CT molecular complexity index is 254. The van der Waals surface area contributed by atoms with E-state index >= 15 is 0 Å². The fourth-order valence-corrected chi connectivity index (χ4v) is 4.38. The summed E-state index contributed by atoms with van der Waals surface area (Å²) >= 11 is 0. The van der Waals surface area contributed by atoms with E-state index in [1.807, 2.05) is 0 Å². The van der Waals surface area contributed by atoms with E-state index in [2.05, 4.69) is 5.32 Å². The van der Waals surface area contributed by atoms with Gasteiger partial charge in [-0.2, -0.15) is 0 Å². The molecule has 3 saturated carbocycles.